The Balaban J connectivity index is 0.000000980. The van der Waals surface area contributed by atoms with Gasteiger partial charge in [-0.05, 0) is 19.3 Å². The lowest BCUT2D eigenvalue weighted by molar-refractivity contribution is -0.168. The first kappa shape index (κ1) is 11.8. The number of rotatable bonds is 2. The lowest BCUT2D eigenvalue weighted by Crippen LogP contribution is -2.57. The minimum atomic E-state index is -0.775. The molecular formula is C9H16ClNO3. The van der Waals surface area contributed by atoms with Crippen LogP contribution in [0, 0.1) is 0 Å². The zero-order valence-electron chi connectivity index (χ0n) is 7.99. The van der Waals surface area contributed by atoms with Gasteiger partial charge in [-0.2, -0.15) is 0 Å². The van der Waals surface area contributed by atoms with Crippen molar-refractivity contribution in [1.82, 2.24) is 5.32 Å². The van der Waals surface area contributed by atoms with E-state index in [0.29, 0.717) is 6.54 Å². The van der Waals surface area contributed by atoms with Gasteiger partial charge >= 0.3 is 5.97 Å². The minimum Gasteiger partial charge on any atom is -0.481 e. The molecule has 1 aliphatic carbocycles. The fourth-order valence-electron chi connectivity index (χ4n) is 2.07. The molecule has 0 aromatic heterocycles. The summed E-state index contributed by atoms with van der Waals surface area (Å²) in [5, 5.41) is 11.9. The lowest BCUT2D eigenvalue weighted by atomic mass is 9.79. The quantitative estimate of drug-likeness (QED) is 0.724. The largest absolute Gasteiger partial charge is 0.481 e. The Morgan fingerprint density at radius 3 is 2.79 bits per heavy atom. The maximum absolute atomic E-state index is 10.5. The molecule has 4 nitrogen and oxygen atoms in total. The fraction of sp³-hybridized carbons (Fsp3) is 0.889. The molecule has 82 valence electrons. The highest BCUT2D eigenvalue weighted by Gasteiger charge is 2.42. The van der Waals surface area contributed by atoms with Crippen molar-refractivity contribution in [1.29, 1.82) is 0 Å². The van der Waals surface area contributed by atoms with Gasteiger partial charge in [-0.3, -0.25) is 4.79 Å². The van der Waals surface area contributed by atoms with E-state index < -0.39 is 5.97 Å². The van der Waals surface area contributed by atoms with E-state index in [9.17, 15) is 4.79 Å². The highest BCUT2D eigenvalue weighted by Crippen LogP contribution is 2.37. The van der Waals surface area contributed by atoms with E-state index in [1.54, 1.807) is 0 Å². The minimum absolute atomic E-state index is 0. The summed E-state index contributed by atoms with van der Waals surface area (Å²) in [6.07, 6.45) is 3.36. The fourth-order valence-corrected chi connectivity index (χ4v) is 2.07. The number of hydrogen-bond acceptors (Lipinski definition) is 3. The van der Waals surface area contributed by atoms with Gasteiger partial charge in [-0.25, -0.2) is 0 Å². The number of aliphatic carboxylic acids is 1. The number of carbonyl (C=O) groups is 1. The van der Waals surface area contributed by atoms with Crippen molar-refractivity contribution in [3.8, 4) is 0 Å². The summed E-state index contributed by atoms with van der Waals surface area (Å²) >= 11 is 0. The standard InChI is InChI=1S/C9H15NO3.ClH/c11-8(12)4-7-5-10-6-9(13-7)2-1-3-9;/h7,10H,1-6H2,(H,11,12);1H. The van der Waals surface area contributed by atoms with Crippen molar-refractivity contribution < 1.29 is 14.6 Å². The number of nitrogens with one attached hydrogen (secondary N) is 1. The Kier molecular flexibility index (Phi) is 3.75. The van der Waals surface area contributed by atoms with E-state index in [0.717, 1.165) is 19.4 Å². The average Bonchev–Trinajstić information content (AvgIpc) is 2.01. The van der Waals surface area contributed by atoms with Crippen molar-refractivity contribution in [3.05, 3.63) is 0 Å². The van der Waals surface area contributed by atoms with Gasteiger partial charge < -0.3 is 15.2 Å². The second-order valence-electron chi connectivity index (χ2n) is 4.01. The molecule has 5 heteroatoms. The average molecular weight is 222 g/mol. The topological polar surface area (TPSA) is 58.6 Å². The Labute approximate surface area is 89.4 Å². The molecule has 0 amide bonds. The molecule has 1 aliphatic heterocycles. The van der Waals surface area contributed by atoms with Gasteiger partial charge in [0.25, 0.3) is 0 Å². The van der Waals surface area contributed by atoms with E-state index in [-0.39, 0.29) is 30.5 Å². The zero-order valence-corrected chi connectivity index (χ0v) is 8.81. The molecule has 0 bridgehead atoms. The van der Waals surface area contributed by atoms with Gasteiger partial charge in [-0.15, -0.1) is 12.4 Å². The predicted octanol–water partition coefficient (Wildman–Crippen LogP) is 0.794. The summed E-state index contributed by atoms with van der Waals surface area (Å²) < 4.78 is 5.78. The Bertz CT molecular complexity index is 218. The maximum Gasteiger partial charge on any atom is 0.306 e. The van der Waals surface area contributed by atoms with Crippen LogP contribution in [-0.2, 0) is 9.53 Å². The van der Waals surface area contributed by atoms with Gasteiger partial charge in [-0.1, -0.05) is 0 Å². The van der Waals surface area contributed by atoms with Crippen LogP contribution in [-0.4, -0.2) is 35.9 Å². The van der Waals surface area contributed by atoms with Crippen LogP contribution in [0.3, 0.4) is 0 Å². The van der Waals surface area contributed by atoms with E-state index in [4.69, 9.17) is 9.84 Å². The zero-order chi connectivity index (χ0) is 9.31. The number of carboxylic acid groups (broad SMARTS) is 1. The van der Waals surface area contributed by atoms with Gasteiger partial charge in [0.05, 0.1) is 18.1 Å². The van der Waals surface area contributed by atoms with Crippen LogP contribution in [0.4, 0.5) is 0 Å². The number of morpholine rings is 1. The molecule has 0 radical (unpaired) electrons. The summed E-state index contributed by atoms with van der Waals surface area (Å²) in [5.74, 6) is -0.775. The van der Waals surface area contributed by atoms with Gasteiger partial charge in [0.15, 0.2) is 0 Å². The summed E-state index contributed by atoms with van der Waals surface area (Å²) in [6, 6.07) is 0. The Morgan fingerprint density at radius 1 is 1.57 bits per heavy atom. The third-order valence-electron chi connectivity index (χ3n) is 2.90. The van der Waals surface area contributed by atoms with Crippen molar-refractivity contribution in [2.24, 2.45) is 0 Å². The summed E-state index contributed by atoms with van der Waals surface area (Å²) in [7, 11) is 0. The Hall–Kier alpha value is -0.320. The number of hydrogen-bond donors (Lipinski definition) is 2. The highest BCUT2D eigenvalue weighted by molar-refractivity contribution is 5.85. The molecular weight excluding hydrogens is 206 g/mol. The summed E-state index contributed by atoms with van der Waals surface area (Å²) in [5.41, 5.74) is -0.0155. The first-order valence-electron chi connectivity index (χ1n) is 4.81. The molecule has 0 aromatic rings. The molecule has 2 N–H and O–H groups in total. The van der Waals surface area contributed by atoms with Crippen LogP contribution in [0.2, 0.25) is 0 Å². The van der Waals surface area contributed by atoms with E-state index >= 15 is 0 Å². The predicted molar refractivity (Wildman–Crippen MR) is 53.8 cm³/mol. The van der Waals surface area contributed by atoms with Gasteiger partial charge in [0, 0.05) is 13.1 Å². The van der Waals surface area contributed by atoms with Crippen LogP contribution >= 0.6 is 12.4 Å². The molecule has 1 spiro atoms. The monoisotopic (exact) mass is 221 g/mol. The Morgan fingerprint density at radius 2 is 2.29 bits per heavy atom. The van der Waals surface area contributed by atoms with E-state index in [1.165, 1.54) is 6.42 Å². The molecule has 1 unspecified atom stereocenters. The van der Waals surface area contributed by atoms with Gasteiger partial charge in [0.2, 0.25) is 0 Å². The maximum atomic E-state index is 10.5. The smallest absolute Gasteiger partial charge is 0.306 e. The van der Waals surface area contributed by atoms with Crippen LogP contribution in [0.25, 0.3) is 0 Å². The molecule has 14 heavy (non-hydrogen) atoms. The number of halogens is 1. The normalized spacial score (nSPS) is 29.0. The highest BCUT2D eigenvalue weighted by atomic mass is 35.5. The second kappa shape index (κ2) is 4.47. The number of carboxylic acids is 1. The van der Waals surface area contributed by atoms with Crippen LogP contribution in [0.5, 0.6) is 0 Å². The van der Waals surface area contributed by atoms with Crippen molar-refractivity contribution in [2.75, 3.05) is 13.1 Å². The molecule has 2 rings (SSSR count). The molecule has 2 fully saturated rings. The van der Waals surface area contributed by atoms with Crippen LogP contribution < -0.4 is 5.32 Å². The summed E-state index contributed by atoms with van der Waals surface area (Å²) in [6.45, 7) is 1.57. The first-order chi connectivity index (χ1) is 6.20. The lowest BCUT2D eigenvalue weighted by Gasteiger charge is -2.47. The second-order valence-corrected chi connectivity index (χ2v) is 4.01. The molecule has 1 heterocycles. The number of ether oxygens (including phenoxy) is 1. The van der Waals surface area contributed by atoms with Gasteiger partial charge in [0.1, 0.15) is 0 Å². The van der Waals surface area contributed by atoms with Crippen LogP contribution in [0.1, 0.15) is 25.7 Å². The molecule has 1 saturated heterocycles. The third-order valence-corrected chi connectivity index (χ3v) is 2.90. The van der Waals surface area contributed by atoms with Crippen molar-refractivity contribution in [2.45, 2.75) is 37.4 Å². The molecule has 0 aromatic carbocycles. The molecule has 1 saturated carbocycles. The summed E-state index contributed by atoms with van der Waals surface area (Å²) in [4.78, 5) is 10.5. The molecule has 1 atom stereocenters. The van der Waals surface area contributed by atoms with E-state index in [2.05, 4.69) is 5.32 Å². The van der Waals surface area contributed by atoms with Crippen molar-refractivity contribution in [3.63, 3.8) is 0 Å². The van der Waals surface area contributed by atoms with Crippen molar-refractivity contribution >= 4 is 18.4 Å². The molecule has 2 aliphatic rings. The van der Waals surface area contributed by atoms with E-state index in [1.807, 2.05) is 0 Å². The first-order valence-corrected chi connectivity index (χ1v) is 4.81. The third kappa shape index (κ3) is 2.38. The van der Waals surface area contributed by atoms with Crippen LogP contribution in [0.15, 0.2) is 0 Å². The SMILES string of the molecule is Cl.O=C(O)CC1CNCC2(CCC2)O1.